The average Bonchev–Trinajstić information content (AvgIpc) is 2.24. The smallest absolute Gasteiger partial charge is 0.229 e. The molecule has 4 nitrogen and oxygen atoms in total. The summed E-state index contributed by atoms with van der Waals surface area (Å²) in [4.78, 5) is 13.8. The van der Waals surface area contributed by atoms with Crippen LogP contribution in [0, 0.1) is 11.8 Å². The molecule has 1 atom stereocenters. The second kappa shape index (κ2) is 4.75. The molecule has 0 spiro atoms. The number of hydrogen-bond acceptors (Lipinski definition) is 3. The molecule has 1 saturated heterocycles. The van der Waals surface area contributed by atoms with Crippen LogP contribution in [0.2, 0.25) is 0 Å². The van der Waals surface area contributed by atoms with Crippen LogP contribution < -0.4 is 10.2 Å². The number of amides is 1. The van der Waals surface area contributed by atoms with E-state index in [1.54, 1.807) is 30.1 Å². The first-order valence-electron chi connectivity index (χ1n) is 5.87. The molecule has 0 saturated carbocycles. The van der Waals surface area contributed by atoms with Crippen LogP contribution in [0.1, 0.15) is 6.92 Å². The lowest BCUT2D eigenvalue weighted by atomic mass is 9.88. The summed E-state index contributed by atoms with van der Waals surface area (Å²) >= 11 is 0. The fourth-order valence-corrected chi connectivity index (χ4v) is 2.00. The Morgan fingerprint density at radius 2 is 2.24 bits per heavy atom. The molecule has 1 unspecified atom stereocenters. The normalized spacial score (nSPS) is 17.3. The Morgan fingerprint density at radius 1 is 1.53 bits per heavy atom. The molecule has 0 aliphatic carbocycles. The van der Waals surface area contributed by atoms with Crippen LogP contribution in [0.4, 0.5) is 5.69 Å². The van der Waals surface area contributed by atoms with Gasteiger partial charge in [-0.2, -0.15) is 0 Å². The van der Waals surface area contributed by atoms with Gasteiger partial charge in [-0.05, 0) is 31.1 Å². The van der Waals surface area contributed by atoms with Crippen molar-refractivity contribution in [2.45, 2.75) is 6.92 Å². The Hall–Kier alpha value is -1.55. The highest BCUT2D eigenvalue weighted by atomic mass is 16.3. The van der Waals surface area contributed by atoms with Crippen LogP contribution >= 0.6 is 0 Å². The minimum Gasteiger partial charge on any atom is -0.508 e. The van der Waals surface area contributed by atoms with Crippen molar-refractivity contribution in [2.24, 2.45) is 11.8 Å². The summed E-state index contributed by atoms with van der Waals surface area (Å²) in [6.45, 7) is 3.80. The van der Waals surface area contributed by atoms with E-state index in [0.717, 1.165) is 18.8 Å². The highest BCUT2D eigenvalue weighted by Crippen LogP contribution is 2.23. The molecule has 0 aromatic heterocycles. The third-order valence-corrected chi connectivity index (χ3v) is 3.46. The molecule has 0 radical (unpaired) electrons. The van der Waals surface area contributed by atoms with Crippen molar-refractivity contribution in [3.63, 3.8) is 0 Å². The second-order valence-electron chi connectivity index (χ2n) is 4.62. The lowest BCUT2D eigenvalue weighted by molar-refractivity contribution is -0.123. The van der Waals surface area contributed by atoms with Crippen molar-refractivity contribution in [3.05, 3.63) is 24.3 Å². The number of benzene rings is 1. The summed E-state index contributed by atoms with van der Waals surface area (Å²) in [7, 11) is 1.75. The number of anilines is 1. The number of carbonyl (C=O) groups excluding carboxylic acids is 1. The fraction of sp³-hybridized carbons (Fsp3) is 0.462. The van der Waals surface area contributed by atoms with Gasteiger partial charge in [0.15, 0.2) is 0 Å². The van der Waals surface area contributed by atoms with Crippen LogP contribution in [0.25, 0.3) is 0 Å². The number of phenolic OH excluding ortho intramolecular Hbond substituents is 1. The highest BCUT2D eigenvalue weighted by molar-refractivity contribution is 5.94. The van der Waals surface area contributed by atoms with E-state index in [1.165, 1.54) is 0 Å². The minimum atomic E-state index is 0.0172. The van der Waals surface area contributed by atoms with E-state index in [-0.39, 0.29) is 17.6 Å². The molecule has 1 heterocycles. The van der Waals surface area contributed by atoms with Gasteiger partial charge in [0.05, 0.1) is 0 Å². The van der Waals surface area contributed by atoms with E-state index in [2.05, 4.69) is 5.32 Å². The first kappa shape index (κ1) is 11.9. The molecule has 1 fully saturated rings. The van der Waals surface area contributed by atoms with Crippen molar-refractivity contribution >= 4 is 11.6 Å². The van der Waals surface area contributed by atoms with E-state index >= 15 is 0 Å². The van der Waals surface area contributed by atoms with E-state index in [1.807, 2.05) is 13.0 Å². The maximum atomic E-state index is 12.2. The minimum absolute atomic E-state index is 0.0172. The zero-order valence-corrected chi connectivity index (χ0v) is 10.2. The third-order valence-electron chi connectivity index (χ3n) is 3.46. The zero-order chi connectivity index (χ0) is 12.4. The molecule has 1 amide bonds. The van der Waals surface area contributed by atoms with Crippen molar-refractivity contribution in [2.75, 3.05) is 25.0 Å². The predicted molar refractivity (Wildman–Crippen MR) is 67.0 cm³/mol. The number of aromatic hydroxyl groups is 1. The standard InChI is InChI=1S/C13H18N2O2/c1-9(10-7-14-8-10)13(17)15(2)11-4-3-5-12(16)6-11/h3-6,9-10,14,16H,7-8H2,1-2H3. The monoisotopic (exact) mass is 234 g/mol. The highest BCUT2D eigenvalue weighted by Gasteiger charge is 2.30. The van der Waals surface area contributed by atoms with E-state index < -0.39 is 0 Å². The number of nitrogens with one attached hydrogen (secondary N) is 1. The van der Waals surface area contributed by atoms with E-state index in [4.69, 9.17) is 0 Å². The van der Waals surface area contributed by atoms with Gasteiger partial charge < -0.3 is 15.3 Å². The molecular weight excluding hydrogens is 216 g/mol. The first-order chi connectivity index (χ1) is 8.09. The molecule has 17 heavy (non-hydrogen) atoms. The topological polar surface area (TPSA) is 52.6 Å². The van der Waals surface area contributed by atoms with Gasteiger partial charge in [-0.3, -0.25) is 4.79 Å². The summed E-state index contributed by atoms with van der Waals surface area (Å²) < 4.78 is 0. The summed E-state index contributed by atoms with van der Waals surface area (Å²) in [5.74, 6) is 0.730. The van der Waals surface area contributed by atoms with Gasteiger partial charge >= 0.3 is 0 Å². The van der Waals surface area contributed by atoms with Crippen molar-refractivity contribution in [3.8, 4) is 5.75 Å². The quantitative estimate of drug-likeness (QED) is 0.826. The Balaban J connectivity index is 2.08. The molecule has 1 aromatic rings. The van der Waals surface area contributed by atoms with Gasteiger partial charge in [0.25, 0.3) is 0 Å². The van der Waals surface area contributed by atoms with Gasteiger partial charge in [0.2, 0.25) is 5.91 Å². The van der Waals surface area contributed by atoms with Crippen molar-refractivity contribution in [1.82, 2.24) is 5.32 Å². The lowest BCUT2D eigenvalue weighted by Crippen LogP contribution is -2.50. The number of rotatable bonds is 3. The lowest BCUT2D eigenvalue weighted by Gasteiger charge is -2.34. The molecule has 1 aliphatic rings. The number of hydrogen-bond donors (Lipinski definition) is 2. The van der Waals surface area contributed by atoms with Crippen LogP contribution in [0.15, 0.2) is 24.3 Å². The average molecular weight is 234 g/mol. The fourth-order valence-electron chi connectivity index (χ4n) is 2.00. The summed E-state index contributed by atoms with van der Waals surface area (Å²) in [6.07, 6.45) is 0. The van der Waals surface area contributed by atoms with Crippen molar-refractivity contribution < 1.29 is 9.90 Å². The molecule has 92 valence electrons. The Labute approximate surface area is 101 Å². The van der Waals surface area contributed by atoms with Gasteiger partial charge in [0.1, 0.15) is 5.75 Å². The van der Waals surface area contributed by atoms with Gasteiger partial charge in [-0.15, -0.1) is 0 Å². The van der Waals surface area contributed by atoms with Crippen molar-refractivity contribution in [1.29, 1.82) is 0 Å². The third kappa shape index (κ3) is 2.42. The molecule has 2 rings (SSSR count). The maximum Gasteiger partial charge on any atom is 0.229 e. The molecule has 1 aromatic carbocycles. The molecular formula is C13H18N2O2. The summed E-state index contributed by atoms with van der Waals surface area (Å²) in [5, 5.41) is 12.6. The Morgan fingerprint density at radius 3 is 2.76 bits per heavy atom. The summed E-state index contributed by atoms with van der Waals surface area (Å²) in [6, 6.07) is 6.76. The maximum absolute atomic E-state index is 12.2. The van der Waals surface area contributed by atoms with Crippen LogP contribution in [-0.4, -0.2) is 31.2 Å². The molecule has 1 aliphatic heterocycles. The van der Waals surface area contributed by atoms with E-state index in [9.17, 15) is 9.90 Å². The molecule has 0 bridgehead atoms. The predicted octanol–water partition coefficient (Wildman–Crippen LogP) is 1.21. The largest absolute Gasteiger partial charge is 0.508 e. The second-order valence-corrected chi connectivity index (χ2v) is 4.62. The van der Waals surface area contributed by atoms with Gasteiger partial charge in [-0.1, -0.05) is 13.0 Å². The van der Waals surface area contributed by atoms with Gasteiger partial charge in [-0.25, -0.2) is 0 Å². The Kier molecular flexibility index (Phi) is 3.33. The number of phenols is 1. The van der Waals surface area contributed by atoms with Gasteiger partial charge in [0, 0.05) is 24.7 Å². The number of nitrogens with zero attached hydrogens (tertiary/aromatic N) is 1. The summed E-state index contributed by atoms with van der Waals surface area (Å²) in [5.41, 5.74) is 0.731. The SMILES string of the molecule is CC(C(=O)N(C)c1cccc(O)c1)C1CNC1. The number of carbonyl (C=O) groups is 1. The zero-order valence-electron chi connectivity index (χ0n) is 10.2. The van der Waals surface area contributed by atoms with Crippen LogP contribution in [-0.2, 0) is 4.79 Å². The van der Waals surface area contributed by atoms with E-state index in [0.29, 0.717) is 5.92 Å². The Bertz CT molecular complexity index is 416. The van der Waals surface area contributed by atoms with Crippen LogP contribution in [0.5, 0.6) is 5.75 Å². The first-order valence-corrected chi connectivity index (χ1v) is 5.87. The molecule has 2 N–H and O–H groups in total. The van der Waals surface area contributed by atoms with Crippen LogP contribution in [0.3, 0.4) is 0 Å². The molecule has 4 heteroatoms.